The van der Waals surface area contributed by atoms with E-state index in [1.54, 1.807) is 6.07 Å². The maximum Gasteiger partial charge on any atom is 0.120 e. The van der Waals surface area contributed by atoms with Crippen molar-refractivity contribution in [3.8, 4) is 5.75 Å². The molecule has 2 rings (SSSR count). The van der Waals surface area contributed by atoms with E-state index in [0.29, 0.717) is 11.7 Å². The standard InChI is InChI=1S/C14H17NO/c1-9(2)14(15)13-11-6-4-3-5-10(11)7-8-12(13)16/h3-9,14,16H,15H2,1-2H3. The number of phenols is 1. The molecule has 0 radical (unpaired) electrons. The molecule has 0 aliphatic heterocycles. The Morgan fingerprint density at radius 3 is 2.44 bits per heavy atom. The topological polar surface area (TPSA) is 46.2 Å². The largest absolute Gasteiger partial charge is 0.508 e. The van der Waals surface area contributed by atoms with E-state index in [1.165, 1.54) is 0 Å². The van der Waals surface area contributed by atoms with E-state index in [2.05, 4.69) is 13.8 Å². The molecule has 0 saturated heterocycles. The molecule has 0 fully saturated rings. The summed E-state index contributed by atoms with van der Waals surface area (Å²) in [4.78, 5) is 0. The monoisotopic (exact) mass is 215 g/mol. The molecule has 0 saturated carbocycles. The average molecular weight is 215 g/mol. The van der Waals surface area contributed by atoms with Gasteiger partial charge in [-0.2, -0.15) is 0 Å². The van der Waals surface area contributed by atoms with E-state index in [1.807, 2.05) is 30.3 Å². The first-order valence-electron chi connectivity index (χ1n) is 5.57. The molecule has 16 heavy (non-hydrogen) atoms. The first-order valence-corrected chi connectivity index (χ1v) is 5.57. The smallest absolute Gasteiger partial charge is 0.120 e. The van der Waals surface area contributed by atoms with Gasteiger partial charge in [-0.05, 0) is 22.8 Å². The van der Waals surface area contributed by atoms with E-state index in [9.17, 15) is 5.11 Å². The Morgan fingerprint density at radius 1 is 1.06 bits per heavy atom. The van der Waals surface area contributed by atoms with Gasteiger partial charge in [0.05, 0.1) is 0 Å². The summed E-state index contributed by atoms with van der Waals surface area (Å²) >= 11 is 0. The van der Waals surface area contributed by atoms with Gasteiger partial charge in [0.2, 0.25) is 0 Å². The fraction of sp³-hybridized carbons (Fsp3) is 0.286. The number of nitrogens with two attached hydrogens (primary N) is 1. The Balaban J connectivity index is 2.70. The van der Waals surface area contributed by atoms with Gasteiger partial charge in [-0.1, -0.05) is 44.2 Å². The number of rotatable bonds is 2. The molecule has 3 N–H and O–H groups in total. The van der Waals surface area contributed by atoms with Crippen LogP contribution in [-0.2, 0) is 0 Å². The Morgan fingerprint density at radius 2 is 1.75 bits per heavy atom. The molecule has 1 atom stereocenters. The number of hydrogen-bond acceptors (Lipinski definition) is 2. The SMILES string of the molecule is CC(C)C(N)c1c(O)ccc2ccccc12. The van der Waals surface area contributed by atoms with Crippen molar-refractivity contribution in [1.29, 1.82) is 0 Å². The first kappa shape index (κ1) is 11.0. The molecule has 0 aromatic heterocycles. The second kappa shape index (κ2) is 4.14. The number of benzene rings is 2. The van der Waals surface area contributed by atoms with E-state index < -0.39 is 0 Å². The van der Waals surface area contributed by atoms with E-state index >= 15 is 0 Å². The highest BCUT2D eigenvalue weighted by Gasteiger charge is 2.17. The highest BCUT2D eigenvalue weighted by atomic mass is 16.3. The molecular weight excluding hydrogens is 198 g/mol. The van der Waals surface area contributed by atoms with Crippen LogP contribution in [0, 0.1) is 5.92 Å². The van der Waals surface area contributed by atoms with Crippen LogP contribution >= 0.6 is 0 Å². The molecular formula is C14H17NO. The minimum atomic E-state index is -0.133. The second-order valence-electron chi connectivity index (χ2n) is 4.49. The third kappa shape index (κ3) is 1.76. The predicted octanol–water partition coefficient (Wildman–Crippen LogP) is 3.20. The van der Waals surface area contributed by atoms with Gasteiger partial charge in [0.1, 0.15) is 5.75 Å². The molecule has 0 aliphatic carbocycles. The van der Waals surface area contributed by atoms with Crippen molar-refractivity contribution in [2.45, 2.75) is 19.9 Å². The molecule has 84 valence electrons. The third-order valence-electron chi connectivity index (χ3n) is 3.00. The second-order valence-corrected chi connectivity index (χ2v) is 4.49. The number of aromatic hydroxyl groups is 1. The van der Waals surface area contributed by atoms with Crippen LogP contribution in [0.3, 0.4) is 0 Å². The van der Waals surface area contributed by atoms with Crippen LogP contribution in [0.4, 0.5) is 0 Å². The van der Waals surface area contributed by atoms with Gasteiger partial charge in [0, 0.05) is 11.6 Å². The first-order chi connectivity index (χ1) is 7.61. The van der Waals surface area contributed by atoms with Crippen LogP contribution < -0.4 is 5.73 Å². The zero-order valence-electron chi connectivity index (χ0n) is 9.64. The Bertz CT molecular complexity index is 505. The zero-order chi connectivity index (χ0) is 11.7. The van der Waals surface area contributed by atoms with Crippen LogP contribution in [-0.4, -0.2) is 5.11 Å². The number of fused-ring (bicyclic) bond motifs is 1. The van der Waals surface area contributed by atoms with Gasteiger partial charge in [-0.15, -0.1) is 0 Å². The highest BCUT2D eigenvalue weighted by molar-refractivity contribution is 5.88. The summed E-state index contributed by atoms with van der Waals surface area (Å²) in [5.74, 6) is 0.594. The lowest BCUT2D eigenvalue weighted by molar-refractivity contribution is 0.442. The van der Waals surface area contributed by atoms with Gasteiger partial charge >= 0.3 is 0 Å². The van der Waals surface area contributed by atoms with Crippen molar-refractivity contribution < 1.29 is 5.11 Å². The maximum absolute atomic E-state index is 9.95. The zero-order valence-corrected chi connectivity index (χ0v) is 9.64. The van der Waals surface area contributed by atoms with Crippen molar-refractivity contribution in [3.05, 3.63) is 42.0 Å². The lowest BCUT2D eigenvalue weighted by Gasteiger charge is -2.19. The maximum atomic E-state index is 9.95. The van der Waals surface area contributed by atoms with Crippen LogP contribution in [0.2, 0.25) is 0 Å². The molecule has 1 unspecified atom stereocenters. The lowest BCUT2D eigenvalue weighted by atomic mass is 9.91. The summed E-state index contributed by atoms with van der Waals surface area (Å²) in [6.07, 6.45) is 0. The van der Waals surface area contributed by atoms with Gasteiger partial charge in [-0.3, -0.25) is 0 Å². The van der Waals surface area contributed by atoms with E-state index in [-0.39, 0.29) is 6.04 Å². The number of hydrogen-bond donors (Lipinski definition) is 2. The van der Waals surface area contributed by atoms with Crippen LogP contribution in [0.15, 0.2) is 36.4 Å². The summed E-state index contributed by atoms with van der Waals surface area (Å²) in [7, 11) is 0. The Labute approximate surface area is 95.7 Å². The third-order valence-corrected chi connectivity index (χ3v) is 3.00. The molecule has 0 heterocycles. The minimum Gasteiger partial charge on any atom is -0.508 e. The summed E-state index contributed by atoms with van der Waals surface area (Å²) in [6, 6.07) is 11.5. The van der Waals surface area contributed by atoms with Gasteiger partial charge in [-0.25, -0.2) is 0 Å². The predicted molar refractivity (Wildman–Crippen MR) is 67.4 cm³/mol. The van der Waals surface area contributed by atoms with Gasteiger partial charge < -0.3 is 10.8 Å². The van der Waals surface area contributed by atoms with Crippen molar-refractivity contribution >= 4 is 10.8 Å². The molecule has 2 heteroatoms. The molecule has 0 aliphatic rings. The number of phenolic OH excluding ortho intramolecular Hbond substituents is 1. The van der Waals surface area contributed by atoms with E-state index in [4.69, 9.17) is 5.73 Å². The van der Waals surface area contributed by atoms with Crippen molar-refractivity contribution in [3.63, 3.8) is 0 Å². The summed E-state index contributed by atoms with van der Waals surface area (Å²) in [6.45, 7) is 4.12. The minimum absolute atomic E-state index is 0.133. The van der Waals surface area contributed by atoms with Gasteiger partial charge in [0.25, 0.3) is 0 Å². The fourth-order valence-corrected chi connectivity index (χ4v) is 1.97. The normalized spacial score (nSPS) is 13.2. The lowest BCUT2D eigenvalue weighted by Crippen LogP contribution is -2.17. The molecule has 2 aromatic carbocycles. The van der Waals surface area contributed by atoms with Crippen LogP contribution in [0.25, 0.3) is 10.8 Å². The van der Waals surface area contributed by atoms with Crippen molar-refractivity contribution in [2.24, 2.45) is 11.7 Å². The Hall–Kier alpha value is -1.54. The van der Waals surface area contributed by atoms with Crippen molar-refractivity contribution in [1.82, 2.24) is 0 Å². The molecule has 0 amide bonds. The highest BCUT2D eigenvalue weighted by Crippen LogP contribution is 2.34. The fourth-order valence-electron chi connectivity index (χ4n) is 1.97. The van der Waals surface area contributed by atoms with Crippen LogP contribution in [0.1, 0.15) is 25.5 Å². The molecule has 2 aromatic rings. The summed E-state index contributed by atoms with van der Waals surface area (Å²) < 4.78 is 0. The summed E-state index contributed by atoms with van der Waals surface area (Å²) in [5, 5.41) is 12.1. The molecule has 0 spiro atoms. The van der Waals surface area contributed by atoms with Crippen LogP contribution in [0.5, 0.6) is 5.75 Å². The van der Waals surface area contributed by atoms with E-state index in [0.717, 1.165) is 16.3 Å². The molecule has 2 nitrogen and oxygen atoms in total. The Kier molecular flexibility index (Phi) is 2.84. The molecule has 0 bridgehead atoms. The van der Waals surface area contributed by atoms with Gasteiger partial charge in [0.15, 0.2) is 0 Å². The quantitative estimate of drug-likeness (QED) is 0.808. The summed E-state index contributed by atoms with van der Waals surface area (Å²) in [5.41, 5.74) is 7.00. The van der Waals surface area contributed by atoms with Crippen molar-refractivity contribution in [2.75, 3.05) is 0 Å². The average Bonchev–Trinajstić information content (AvgIpc) is 2.28.